The minimum Gasteiger partial charge on any atom is -0.483 e. The van der Waals surface area contributed by atoms with Crippen LogP contribution < -0.4 is 10.1 Å². The van der Waals surface area contributed by atoms with Gasteiger partial charge in [0.25, 0.3) is 5.91 Å². The smallest absolute Gasteiger partial charge is 0.257 e. The summed E-state index contributed by atoms with van der Waals surface area (Å²) >= 11 is 0. The van der Waals surface area contributed by atoms with Gasteiger partial charge in [-0.1, -0.05) is 24.3 Å². The molecule has 2 aromatic carbocycles. The second-order valence-electron chi connectivity index (χ2n) is 4.85. The first-order valence-electron chi connectivity index (χ1n) is 7.13. The third-order valence-electron chi connectivity index (χ3n) is 3.26. The SMILES string of the molecule is O=C(COc1ccccc1CO)NCCc1c(F)cccc1F. The van der Waals surface area contributed by atoms with Crippen molar-refractivity contribution in [3.8, 4) is 5.75 Å². The molecule has 0 heterocycles. The topological polar surface area (TPSA) is 58.6 Å². The van der Waals surface area contributed by atoms with Crippen LogP contribution in [0.5, 0.6) is 5.75 Å². The Hall–Kier alpha value is -2.47. The summed E-state index contributed by atoms with van der Waals surface area (Å²) in [5.41, 5.74) is 0.521. The third kappa shape index (κ3) is 4.75. The van der Waals surface area contributed by atoms with E-state index in [1.165, 1.54) is 18.2 Å². The summed E-state index contributed by atoms with van der Waals surface area (Å²) in [7, 11) is 0. The molecule has 1 amide bonds. The Balaban J connectivity index is 1.79. The zero-order valence-corrected chi connectivity index (χ0v) is 12.4. The second kappa shape index (κ2) is 8.24. The lowest BCUT2D eigenvalue weighted by Crippen LogP contribution is -2.31. The largest absolute Gasteiger partial charge is 0.483 e. The van der Waals surface area contributed by atoms with Crippen molar-refractivity contribution in [1.82, 2.24) is 5.32 Å². The number of amides is 1. The van der Waals surface area contributed by atoms with Gasteiger partial charge in [0.1, 0.15) is 17.4 Å². The normalized spacial score (nSPS) is 10.4. The van der Waals surface area contributed by atoms with E-state index in [1.807, 2.05) is 0 Å². The van der Waals surface area contributed by atoms with E-state index in [0.29, 0.717) is 11.3 Å². The predicted molar refractivity (Wildman–Crippen MR) is 80.9 cm³/mol. The molecule has 2 rings (SSSR count). The van der Waals surface area contributed by atoms with Crippen molar-refractivity contribution < 1.29 is 23.4 Å². The van der Waals surface area contributed by atoms with Gasteiger partial charge in [-0.2, -0.15) is 0 Å². The van der Waals surface area contributed by atoms with Crippen LogP contribution in [0.2, 0.25) is 0 Å². The van der Waals surface area contributed by atoms with E-state index in [1.54, 1.807) is 24.3 Å². The molecule has 0 spiro atoms. The van der Waals surface area contributed by atoms with Crippen LogP contribution in [0.15, 0.2) is 42.5 Å². The molecule has 6 heteroatoms. The monoisotopic (exact) mass is 321 g/mol. The van der Waals surface area contributed by atoms with Gasteiger partial charge in [0, 0.05) is 17.7 Å². The minimum atomic E-state index is -0.632. The summed E-state index contributed by atoms with van der Waals surface area (Å²) in [6.07, 6.45) is 0.0530. The number of nitrogens with one attached hydrogen (secondary N) is 1. The van der Waals surface area contributed by atoms with E-state index in [4.69, 9.17) is 9.84 Å². The van der Waals surface area contributed by atoms with E-state index < -0.39 is 17.5 Å². The molecule has 2 N–H and O–H groups in total. The molecule has 2 aromatic rings. The molecule has 23 heavy (non-hydrogen) atoms. The van der Waals surface area contributed by atoms with Crippen LogP contribution >= 0.6 is 0 Å². The Kier molecular flexibility index (Phi) is 6.05. The van der Waals surface area contributed by atoms with Crippen molar-refractivity contribution >= 4 is 5.91 Å². The highest BCUT2D eigenvalue weighted by molar-refractivity contribution is 5.77. The molecule has 0 saturated heterocycles. The summed E-state index contributed by atoms with van der Waals surface area (Å²) in [4.78, 5) is 11.7. The fraction of sp³-hybridized carbons (Fsp3) is 0.235. The number of benzene rings is 2. The highest BCUT2D eigenvalue weighted by Gasteiger charge is 2.09. The summed E-state index contributed by atoms with van der Waals surface area (Å²) < 4.78 is 32.2. The van der Waals surface area contributed by atoms with Crippen LogP contribution in [0.1, 0.15) is 11.1 Å². The average Bonchev–Trinajstić information content (AvgIpc) is 2.56. The highest BCUT2D eigenvalue weighted by atomic mass is 19.1. The molecule has 4 nitrogen and oxygen atoms in total. The fourth-order valence-corrected chi connectivity index (χ4v) is 2.07. The van der Waals surface area contributed by atoms with Crippen LogP contribution in [0.3, 0.4) is 0 Å². The van der Waals surface area contributed by atoms with Gasteiger partial charge >= 0.3 is 0 Å². The van der Waals surface area contributed by atoms with Crippen LogP contribution in [-0.4, -0.2) is 24.2 Å². The minimum absolute atomic E-state index is 0.0530. The Morgan fingerprint density at radius 2 is 1.78 bits per heavy atom. The lowest BCUT2D eigenvalue weighted by molar-refractivity contribution is -0.123. The van der Waals surface area contributed by atoms with Gasteiger partial charge in [-0.05, 0) is 24.6 Å². The molecule has 0 aliphatic heterocycles. The van der Waals surface area contributed by atoms with Gasteiger partial charge in [-0.25, -0.2) is 8.78 Å². The average molecular weight is 321 g/mol. The Morgan fingerprint density at radius 1 is 1.09 bits per heavy atom. The Bertz CT molecular complexity index is 656. The third-order valence-corrected chi connectivity index (χ3v) is 3.26. The zero-order chi connectivity index (χ0) is 16.7. The van der Waals surface area contributed by atoms with E-state index in [0.717, 1.165) is 0 Å². The maximum atomic E-state index is 13.4. The number of halogens is 2. The van der Waals surface area contributed by atoms with E-state index in [9.17, 15) is 13.6 Å². The van der Waals surface area contributed by atoms with Crippen molar-refractivity contribution in [3.63, 3.8) is 0 Å². The second-order valence-corrected chi connectivity index (χ2v) is 4.85. The molecule has 0 aliphatic rings. The molecule has 0 bridgehead atoms. The highest BCUT2D eigenvalue weighted by Crippen LogP contribution is 2.17. The molecule has 0 atom stereocenters. The standard InChI is InChI=1S/C17H17F2NO3/c18-14-5-3-6-15(19)13(14)8-9-20-17(22)11-23-16-7-2-1-4-12(16)10-21/h1-7,21H,8-11H2,(H,20,22). The predicted octanol–water partition coefficient (Wildman–Crippen LogP) is 2.19. The first-order chi connectivity index (χ1) is 11.1. The van der Waals surface area contributed by atoms with Crippen LogP contribution in [0.25, 0.3) is 0 Å². The van der Waals surface area contributed by atoms with Crippen molar-refractivity contribution in [2.24, 2.45) is 0 Å². The number of aliphatic hydroxyl groups excluding tert-OH is 1. The lowest BCUT2D eigenvalue weighted by Gasteiger charge is -2.10. The number of hydrogen-bond donors (Lipinski definition) is 2. The van der Waals surface area contributed by atoms with Crippen molar-refractivity contribution in [2.45, 2.75) is 13.0 Å². The number of carbonyl (C=O) groups is 1. The van der Waals surface area contributed by atoms with Gasteiger partial charge in [0.2, 0.25) is 0 Å². The Morgan fingerprint density at radius 3 is 2.48 bits per heavy atom. The molecule has 0 aromatic heterocycles. The molecular weight excluding hydrogens is 304 g/mol. The molecular formula is C17H17F2NO3. The lowest BCUT2D eigenvalue weighted by atomic mass is 10.1. The van der Waals surface area contributed by atoms with E-state index in [-0.39, 0.29) is 31.7 Å². The number of para-hydroxylation sites is 1. The molecule has 0 fully saturated rings. The van der Waals surface area contributed by atoms with Crippen LogP contribution in [-0.2, 0) is 17.8 Å². The van der Waals surface area contributed by atoms with Crippen LogP contribution in [0, 0.1) is 11.6 Å². The summed E-state index contributed by atoms with van der Waals surface area (Å²) in [5.74, 6) is -1.25. The van der Waals surface area contributed by atoms with E-state index >= 15 is 0 Å². The maximum absolute atomic E-state index is 13.4. The molecule has 0 radical (unpaired) electrons. The number of carbonyl (C=O) groups excluding carboxylic acids is 1. The molecule has 122 valence electrons. The number of hydrogen-bond acceptors (Lipinski definition) is 3. The van der Waals surface area contributed by atoms with Crippen molar-refractivity contribution in [3.05, 3.63) is 65.2 Å². The zero-order valence-electron chi connectivity index (χ0n) is 12.4. The van der Waals surface area contributed by atoms with Gasteiger partial charge < -0.3 is 15.2 Å². The number of ether oxygens (including phenoxy) is 1. The van der Waals surface area contributed by atoms with Gasteiger partial charge in [-0.15, -0.1) is 0 Å². The maximum Gasteiger partial charge on any atom is 0.257 e. The van der Waals surface area contributed by atoms with E-state index in [2.05, 4.69) is 5.32 Å². The van der Waals surface area contributed by atoms with Crippen molar-refractivity contribution in [1.29, 1.82) is 0 Å². The Labute approximate surface area is 132 Å². The van der Waals surface area contributed by atoms with Gasteiger partial charge in [-0.3, -0.25) is 4.79 Å². The molecule has 0 aliphatic carbocycles. The number of aliphatic hydroxyl groups is 1. The van der Waals surface area contributed by atoms with Gasteiger partial charge in [0.05, 0.1) is 6.61 Å². The van der Waals surface area contributed by atoms with Crippen LogP contribution in [0.4, 0.5) is 8.78 Å². The quantitative estimate of drug-likeness (QED) is 0.822. The molecule has 0 unspecified atom stereocenters. The first-order valence-corrected chi connectivity index (χ1v) is 7.13. The summed E-state index contributed by atoms with van der Waals surface area (Å²) in [6, 6.07) is 10.5. The summed E-state index contributed by atoms with van der Waals surface area (Å²) in [6.45, 7) is -0.331. The number of rotatable bonds is 7. The van der Waals surface area contributed by atoms with Gasteiger partial charge in [0.15, 0.2) is 6.61 Å². The van der Waals surface area contributed by atoms with Crippen molar-refractivity contribution in [2.75, 3.05) is 13.2 Å². The summed E-state index contributed by atoms with van der Waals surface area (Å²) in [5, 5.41) is 11.7. The molecule has 0 saturated carbocycles. The first kappa shape index (κ1) is 16.9. The fourth-order valence-electron chi connectivity index (χ4n) is 2.07.